The van der Waals surface area contributed by atoms with Gasteiger partial charge in [-0.3, -0.25) is 4.79 Å². The van der Waals surface area contributed by atoms with Crippen LogP contribution in [0.25, 0.3) is 11.1 Å². The lowest BCUT2D eigenvalue weighted by Gasteiger charge is -2.20. The molecule has 0 saturated heterocycles. The molecular formula is C20H13F7N2O. The quantitative estimate of drug-likeness (QED) is 0.516. The van der Waals surface area contributed by atoms with Crippen molar-refractivity contribution >= 4 is 11.6 Å². The standard InChI is InChI=1S/C20H13F7N2O/c1-29-9-13(14(10-29)19(23,24)20(25,26)27)18(30)28-17-5-3-2-4-12(17)11-6-7-15(21)16(22)8-11/h2-10H,1H3,(H,28,30). The number of amides is 1. The van der Waals surface area contributed by atoms with Gasteiger partial charge in [0, 0.05) is 30.7 Å². The van der Waals surface area contributed by atoms with E-state index in [1.165, 1.54) is 37.4 Å². The summed E-state index contributed by atoms with van der Waals surface area (Å²) in [4.78, 5) is 12.6. The fourth-order valence-corrected chi connectivity index (χ4v) is 2.86. The molecule has 2 aromatic carbocycles. The largest absolute Gasteiger partial charge is 0.458 e. The summed E-state index contributed by atoms with van der Waals surface area (Å²) in [6.07, 6.45) is -4.54. The first-order valence-corrected chi connectivity index (χ1v) is 8.38. The highest BCUT2D eigenvalue weighted by atomic mass is 19.4. The van der Waals surface area contributed by atoms with Gasteiger partial charge in [-0.25, -0.2) is 8.78 Å². The number of carbonyl (C=O) groups is 1. The van der Waals surface area contributed by atoms with E-state index in [2.05, 4.69) is 5.32 Å². The molecule has 0 saturated carbocycles. The van der Waals surface area contributed by atoms with Gasteiger partial charge in [-0.05, 0) is 23.8 Å². The van der Waals surface area contributed by atoms with Crippen LogP contribution in [0.15, 0.2) is 54.9 Å². The molecule has 0 fully saturated rings. The minimum Gasteiger partial charge on any atom is -0.356 e. The zero-order valence-electron chi connectivity index (χ0n) is 15.2. The topological polar surface area (TPSA) is 34.0 Å². The molecule has 0 spiro atoms. The van der Waals surface area contributed by atoms with Gasteiger partial charge in [0.15, 0.2) is 11.6 Å². The monoisotopic (exact) mass is 430 g/mol. The van der Waals surface area contributed by atoms with E-state index in [1.807, 2.05) is 0 Å². The first-order valence-electron chi connectivity index (χ1n) is 8.38. The second-order valence-corrected chi connectivity index (χ2v) is 6.45. The molecule has 0 bridgehead atoms. The van der Waals surface area contributed by atoms with Crippen molar-refractivity contribution in [2.45, 2.75) is 12.1 Å². The number of aryl methyl sites for hydroxylation is 1. The molecule has 0 aliphatic carbocycles. The number of hydrogen-bond donors (Lipinski definition) is 1. The van der Waals surface area contributed by atoms with Crippen molar-refractivity contribution in [3.63, 3.8) is 0 Å². The summed E-state index contributed by atoms with van der Waals surface area (Å²) in [6, 6.07) is 8.74. The highest BCUT2D eigenvalue weighted by molar-refractivity contribution is 6.07. The third-order valence-corrected chi connectivity index (χ3v) is 4.30. The fraction of sp³-hybridized carbons (Fsp3) is 0.150. The van der Waals surface area contributed by atoms with E-state index in [0.717, 1.165) is 22.9 Å². The van der Waals surface area contributed by atoms with E-state index in [4.69, 9.17) is 0 Å². The maximum atomic E-state index is 13.9. The number of benzene rings is 2. The van der Waals surface area contributed by atoms with Crippen LogP contribution in [-0.4, -0.2) is 16.7 Å². The zero-order chi connectivity index (χ0) is 22.3. The first-order chi connectivity index (χ1) is 13.9. The highest BCUT2D eigenvalue weighted by Gasteiger charge is 2.60. The second kappa shape index (κ2) is 7.51. The van der Waals surface area contributed by atoms with E-state index < -0.39 is 40.8 Å². The Morgan fingerprint density at radius 3 is 2.23 bits per heavy atom. The molecule has 0 aliphatic rings. The van der Waals surface area contributed by atoms with Crippen LogP contribution in [0.4, 0.5) is 36.4 Å². The van der Waals surface area contributed by atoms with Crippen LogP contribution in [0, 0.1) is 11.6 Å². The SMILES string of the molecule is Cn1cc(C(=O)Nc2ccccc2-c2ccc(F)c(F)c2)c(C(F)(F)C(F)(F)F)c1. The zero-order valence-corrected chi connectivity index (χ0v) is 15.2. The van der Waals surface area contributed by atoms with Crippen molar-refractivity contribution in [3.8, 4) is 11.1 Å². The van der Waals surface area contributed by atoms with Gasteiger partial charge in [0.1, 0.15) is 0 Å². The second-order valence-electron chi connectivity index (χ2n) is 6.45. The van der Waals surface area contributed by atoms with E-state index in [1.54, 1.807) is 0 Å². The summed E-state index contributed by atoms with van der Waals surface area (Å²) in [5.41, 5.74) is -1.98. The lowest BCUT2D eigenvalue weighted by atomic mass is 10.0. The number of para-hydroxylation sites is 1. The third kappa shape index (κ3) is 3.89. The third-order valence-electron chi connectivity index (χ3n) is 4.30. The van der Waals surface area contributed by atoms with Gasteiger partial charge < -0.3 is 9.88 Å². The molecule has 1 heterocycles. The molecule has 3 nitrogen and oxygen atoms in total. The van der Waals surface area contributed by atoms with Crippen LogP contribution in [-0.2, 0) is 13.0 Å². The minimum atomic E-state index is -5.90. The summed E-state index contributed by atoms with van der Waals surface area (Å²) in [5.74, 6) is -8.71. The maximum Gasteiger partial charge on any atom is 0.458 e. The number of anilines is 1. The van der Waals surface area contributed by atoms with Crippen molar-refractivity contribution < 1.29 is 35.5 Å². The molecule has 0 aliphatic heterocycles. The molecule has 0 radical (unpaired) electrons. The average molecular weight is 430 g/mol. The Morgan fingerprint density at radius 2 is 1.60 bits per heavy atom. The van der Waals surface area contributed by atoms with Crippen LogP contribution < -0.4 is 5.32 Å². The number of hydrogen-bond acceptors (Lipinski definition) is 1. The van der Waals surface area contributed by atoms with Crippen molar-refractivity contribution in [2.24, 2.45) is 7.05 Å². The van der Waals surface area contributed by atoms with Gasteiger partial charge in [0.05, 0.1) is 11.1 Å². The Kier molecular flexibility index (Phi) is 5.36. The van der Waals surface area contributed by atoms with E-state index >= 15 is 0 Å². The van der Waals surface area contributed by atoms with Gasteiger partial charge in [-0.1, -0.05) is 24.3 Å². The lowest BCUT2D eigenvalue weighted by molar-refractivity contribution is -0.289. The van der Waals surface area contributed by atoms with E-state index in [0.29, 0.717) is 6.20 Å². The molecule has 3 rings (SSSR count). The number of carbonyl (C=O) groups excluding carboxylic acids is 1. The molecule has 1 aromatic heterocycles. The molecule has 3 aromatic rings. The molecule has 1 amide bonds. The van der Waals surface area contributed by atoms with Crippen LogP contribution in [0.2, 0.25) is 0 Å². The van der Waals surface area contributed by atoms with Crippen LogP contribution in [0.5, 0.6) is 0 Å². The lowest BCUT2D eigenvalue weighted by Crippen LogP contribution is -2.35. The summed E-state index contributed by atoms with van der Waals surface area (Å²) in [5, 5.41) is 2.27. The smallest absolute Gasteiger partial charge is 0.356 e. The molecular weight excluding hydrogens is 417 g/mol. The van der Waals surface area contributed by atoms with Crippen LogP contribution >= 0.6 is 0 Å². The van der Waals surface area contributed by atoms with Gasteiger partial charge in [0.25, 0.3) is 5.91 Å². The van der Waals surface area contributed by atoms with Crippen LogP contribution in [0.3, 0.4) is 0 Å². The summed E-state index contributed by atoms with van der Waals surface area (Å²) >= 11 is 0. The first kappa shape index (κ1) is 21.4. The fourth-order valence-electron chi connectivity index (χ4n) is 2.86. The Hall–Kier alpha value is -3.30. The number of nitrogens with one attached hydrogen (secondary N) is 1. The van der Waals surface area contributed by atoms with Crippen molar-refractivity contribution in [1.82, 2.24) is 4.57 Å². The van der Waals surface area contributed by atoms with Crippen molar-refractivity contribution in [2.75, 3.05) is 5.32 Å². The van der Waals surface area contributed by atoms with Crippen molar-refractivity contribution in [3.05, 3.63) is 77.6 Å². The summed E-state index contributed by atoms with van der Waals surface area (Å²) < 4.78 is 93.8. The van der Waals surface area contributed by atoms with Crippen molar-refractivity contribution in [1.29, 1.82) is 0 Å². The number of rotatable bonds is 4. The molecule has 1 N–H and O–H groups in total. The van der Waals surface area contributed by atoms with Gasteiger partial charge >= 0.3 is 12.1 Å². The number of aromatic nitrogens is 1. The Morgan fingerprint density at radius 1 is 0.933 bits per heavy atom. The molecule has 158 valence electrons. The molecule has 30 heavy (non-hydrogen) atoms. The number of halogens is 7. The van der Waals surface area contributed by atoms with Crippen LogP contribution in [0.1, 0.15) is 15.9 Å². The maximum absolute atomic E-state index is 13.9. The average Bonchev–Trinajstić information content (AvgIpc) is 3.06. The van der Waals surface area contributed by atoms with Gasteiger partial charge in [-0.15, -0.1) is 0 Å². The Bertz CT molecular complexity index is 1100. The Labute approximate surface area is 165 Å². The predicted molar refractivity (Wildman–Crippen MR) is 95.1 cm³/mol. The summed E-state index contributed by atoms with van der Waals surface area (Å²) in [7, 11) is 1.20. The highest BCUT2D eigenvalue weighted by Crippen LogP contribution is 2.45. The number of nitrogens with zero attached hydrogens (tertiary/aromatic N) is 1. The van der Waals surface area contributed by atoms with Gasteiger partial charge in [-0.2, -0.15) is 22.0 Å². The number of alkyl halides is 5. The Balaban J connectivity index is 2.00. The minimum absolute atomic E-state index is 0.0126. The molecule has 0 atom stereocenters. The molecule has 0 unspecified atom stereocenters. The van der Waals surface area contributed by atoms with E-state index in [9.17, 15) is 35.5 Å². The normalized spacial score (nSPS) is 12.1. The predicted octanol–water partition coefficient (Wildman–Crippen LogP) is 5.88. The van der Waals surface area contributed by atoms with E-state index in [-0.39, 0.29) is 16.8 Å². The summed E-state index contributed by atoms with van der Waals surface area (Å²) in [6.45, 7) is 0. The molecule has 10 heteroatoms. The van der Waals surface area contributed by atoms with Gasteiger partial charge in [0.2, 0.25) is 0 Å².